The van der Waals surface area contributed by atoms with Crippen LogP contribution in [0.5, 0.6) is 5.75 Å². The summed E-state index contributed by atoms with van der Waals surface area (Å²) in [6, 6.07) is 22.3. The first-order valence-electron chi connectivity index (χ1n) is 11.0. The third kappa shape index (κ3) is 5.83. The third-order valence-corrected chi connectivity index (χ3v) is 5.26. The minimum Gasteiger partial charge on any atom is -0.479 e. The Hall–Kier alpha value is -4.66. The second-order valence-corrected chi connectivity index (χ2v) is 7.88. The molecule has 9 heteroatoms. The molecule has 1 atom stereocenters. The fourth-order valence-electron chi connectivity index (χ4n) is 3.57. The van der Waals surface area contributed by atoms with Gasteiger partial charge in [-0.25, -0.2) is 0 Å². The van der Waals surface area contributed by atoms with Crippen molar-refractivity contribution in [3.05, 3.63) is 84.4 Å². The molecule has 1 aliphatic rings. The van der Waals surface area contributed by atoms with E-state index in [1.807, 2.05) is 6.07 Å². The molecule has 4 amide bonds. The van der Waals surface area contributed by atoms with E-state index in [0.29, 0.717) is 28.4 Å². The number of para-hydroxylation sites is 1. The molecule has 3 aromatic rings. The largest absolute Gasteiger partial charge is 0.479 e. The minimum atomic E-state index is -0.763. The predicted molar refractivity (Wildman–Crippen MR) is 131 cm³/mol. The van der Waals surface area contributed by atoms with Crippen LogP contribution < -0.4 is 25.6 Å². The summed E-state index contributed by atoms with van der Waals surface area (Å²) < 4.78 is 5.67. The second-order valence-electron chi connectivity index (χ2n) is 7.88. The summed E-state index contributed by atoms with van der Waals surface area (Å²) >= 11 is 0. The maximum atomic E-state index is 12.8. The van der Waals surface area contributed by atoms with E-state index in [1.54, 1.807) is 79.7 Å². The van der Waals surface area contributed by atoms with E-state index in [9.17, 15) is 19.2 Å². The average Bonchev–Trinajstić information content (AvgIpc) is 2.87. The highest BCUT2D eigenvalue weighted by Crippen LogP contribution is 2.36. The molecule has 0 saturated heterocycles. The van der Waals surface area contributed by atoms with Crippen molar-refractivity contribution >= 4 is 40.7 Å². The maximum absolute atomic E-state index is 12.8. The molecule has 0 aromatic heterocycles. The molecule has 0 spiro atoms. The van der Waals surface area contributed by atoms with E-state index in [-0.39, 0.29) is 30.8 Å². The molecule has 9 nitrogen and oxygen atoms in total. The van der Waals surface area contributed by atoms with Gasteiger partial charge in [0.2, 0.25) is 11.8 Å². The van der Waals surface area contributed by atoms with Gasteiger partial charge in [-0.2, -0.15) is 0 Å². The molecule has 3 N–H and O–H groups in total. The highest BCUT2D eigenvalue weighted by Gasteiger charge is 2.33. The topological polar surface area (TPSA) is 117 Å². The van der Waals surface area contributed by atoms with E-state index in [4.69, 9.17) is 4.74 Å². The minimum absolute atomic E-state index is 0.223. The van der Waals surface area contributed by atoms with Gasteiger partial charge < -0.3 is 20.7 Å². The zero-order chi connectivity index (χ0) is 24.8. The molecule has 1 unspecified atom stereocenters. The first-order valence-corrected chi connectivity index (χ1v) is 11.0. The smallest absolute Gasteiger partial charge is 0.268 e. The van der Waals surface area contributed by atoms with Gasteiger partial charge in [-0.1, -0.05) is 36.4 Å². The highest BCUT2D eigenvalue weighted by atomic mass is 16.5. The van der Waals surface area contributed by atoms with Gasteiger partial charge in [0, 0.05) is 16.9 Å². The Labute approximate surface area is 202 Å². The number of benzene rings is 3. The molecule has 0 bridgehead atoms. The lowest BCUT2D eigenvalue weighted by Gasteiger charge is -2.33. The molecule has 1 aliphatic heterocycles. The Morgan fingerprint density at radius 2 is 1.51 bits per heavy atom. The fourth-order valence-corrected chi connectivity index (χ4v) is 3.57. The Kier molecular flexibility index (Phi) is 7.06. The van der Waals surface area contributed by atoms with Crippen LogP contribution in [-0.2, 0) is 14.4 Å². The van der Waals surface area contributed by atoms with Crippen LogP contribution in [0.4, 0.5) is 17.1 Å². The average molecular weight is 473 g/mol. The van der Waals surface area contributed by atoms with Gasteiger partial charge in [-0.15, -0.1) is 0 Å². The van der Waals surface area contributed by atoms with Crippen molar-refractivity contribution in [2.75, 3.05) is 28.6 Å². The number of anilines is 3. The van der Waals surface area contributed by atoms with Crippen LogP contribution in [0, 0.1) is 0 Å². The molecular formula is C26H24N4O5. The first kappa shape index (κ1) is 23.5. The van der Waals surface area contributed by atoms with Crippen LogP contribution in [0.15, 0.2) is 78.9 Å². The van der Waals surface area contributed by atoms with Gasteiger partial charge in [0.25, 0.3) is 11.8 Å². The van der Waals surface area contributed by atoms with E-state index in [2.05, 4.69) is 16.0 Å². The van der Waals surface area contributed by atoms with Crippen molar-refractivity contribution in [2.45, 2.75) is 13.0 Å². The second kappa shape index (κ2) is 10.5. The zero-order valence-corrected chi connectivity index (χ0v) is 19.0. The number of hydrogen-bond donors (Lipinski definition) is 3. The summed E-state index contributed by atoms with van der Waals surface area (Å²) in [7, 11) is 0. The molecular weight excluding hydrogens is 448 g/mol. The third-order valence-electron chi connectivity index (χ3n) is 5.26. The number of fused-ring (bicyclic) bond motifs is 1. The van der Waals surface area contributed by atoms with Crippen LogP contribution in [0.25, 0.3) is 0 Å². The molecule has 3 aromatic carbocycles. The number of carbonyl (C=O) groups is 4. The predicted octanol–water partition coefficient (Wildman–Crippen LogP) is 2.81. The van der Waals surface area contributed by atoms with E-state index in [1.165, 1.54) is 4.90 Å². The monoisotopic (exact) mass is 472 g/mol. The fraction of sp³-hybridized carbons (Fsp3) is 0.154. The Balaban J connectivity index is 1.43. The molecule has 4 rings (SSSR count). The van der Waals surface area contributed by atoms with Crippen molar-refractivity contribution in [3.8, 4) is 5.75 Å². The summed E-state index contributed by atoms with van der Waals surface area (Å²) in [5.74, 6) is -1.14. The van der Waals surface area contributed by atoms with Gasteiger partial charge in [-0.05, 0) is 49.4 Å². The summed E-state index contributed by atoms with van der Waals surface area (Å²) in [6.45, 7) is 1.15. The quantitative estimate of drug-likeness (QED) is 0.489. The van der Waals surface area contributed by atoms with Crippen LogP contribution >= 0.6 is 0 Å². The van der Waals surface area contributed by atoms with Crippen LogP contribution in [-0.4, -0.2) is 42.8 Å². The van der Waals surface area contributed by atoms with Gasteiger partial charge >= 0.3 is 0 Å². The molecule has 0 radical (unpaired) electrons. The number of nitrogens with zero attached hydrogens (tertiary/aromatic N) is 1. The standard InChI is InChI=1S/C26H24N4O5/c1-17-26(34)30(16-24(32)28-19-10-6-3-7-11-19)21-14-20(12-13-22(21)35-17)29-23(31)15-27-25(33)18-8-4-2-5-9-18/h2-14,17H,15-16H2,1H3,(H,27,33)(H,28,32)(H,29,31). The summed E-state index contributed by atoms with van der Waals surface area (Å²) in [5, 5.41) is 8.01. The van der Waals surface area contributed by atoms with Crippen molar-refractivity contribution in [2.24, 2.45) is 0 Å². The van der Waals surface area contributed by atoms with Gasteiger partial charge in [0.15, 0.2) is 6.10 Å². The number of nitrogens with one attached hydrogen (secondary N) is 3. The molecule has 35 heavy (non-hydrogen) atoms. The van der Waals surface area contributed by atoms with E-state index < -0.39 is 12.0 Å². The Morgan fingerprint density at radius 1 is 0.857 bits per heavy atom. The summed E-state index contributed by atoms with van der Waals surface area (Å²) in [4.78, 5) is 51.3. The normalized spacial score (nSPS) is 14.4. The Bertz CT molecular complexity index is 1250. The summed E-state index contributed by atoms with van der Waals surface area (Å²) in [6.07, 6.45) is -0.763. The van der Waals surface area contributed by atoms with E-state index >= 15 is 0 Å². The van der Waals surface area contributed by atoms with Gasteiger partial charge in [-0.3, -0.25) is 24.1 Å². The van der Waals surface area contributed by atoms with Crippen LogP contribution in [0.3, 0.4) is 0 Å². The number of ether oxygens (including phenoxy) is 1. The van der Waals surface area contributed by atoms with E-state index in [0.717, 1.165) is 0 Å². The molecule has 0 fully saturated rings. The van der Waals surface area contributed by atoms with Crippen molar-refractivity contribution in [3.63, 3.8) is 0 Å². The zero-order valence-electron chi connectivity index (χ0n) is 19.0. The highest BCUT2D eigenvalue weighted by molar-refractivity contribution is 6.07. The lowest BCUT2D eigenvalue weighted by molar-refractivity contribution is -0.127. The number of hydrogen-bond acceptors (Lipinski definition) is 5. The van der Waals surface area contributed by atoms with Gasteiger partial charge in [0.1, 0.15) is 12.3 Å². The number of amides is 4. The molecule has 0 saturated carbocycles. The van der Waals surface area contributed by atoms with Gasteiger partial charge in [0.05, 0.1) is 12.2 Å². The number of carbonyl (C=O) groups excluding carboxylic acids is 4. The Morgan fingerprint density at radius 3 is 2.23 bits per heavy atom. The number of rotatable bonds is 7. The molecule has 178 valence electrons. The summed E-state index contributed by atoms with van der Waals surface area (Å²) in [5.41, 5.74) is 1.82. The lowest BCUT2D eigenvalue weighted by atomic mass is 10.1. The van der Waals surface area contributed by atoms with Crippen molar-refractivity contribution in [1.29, 1.82) is 0 Å². The molecule has 1 heterocycles. The lowest BCUT2D eigenvalue weighted by Crippen LogP contribution is -2.47. The van der Waals surface area contributed by atoms with Crippen molar-refractivity contribution in [1.82, 2.24) is 5.32 Å². The maximum Gasteiger partial charge on any atom is 0.268 e. The molecule has 0 aliphatic carbocycles. The van der Waals surface area contributed by atoms with Crippen LogP contribution in [0.1, 0.15) is 17.3 Å². The first-order chi connectivity index (χ1) is 16.9. The van der Waals surface area contributed by atoms with Crippen molar-refractivity contribution < 1.29 is 23.9 Å². The van der Waals surface area contributed by atoms with Crippen LogP contribution in [0.2, 0.25) is 0 Å². The SMILES string of the molecule is CC1Oc2ccc(NC(=O)CNC(=O)c3ccccc3)cc2N(CC(=O)Nc2ccccc2)C1=O.